The topological polar surface area (TPSA) is 149 Å². The molecular formula is C11H13N3O6. The van der Waals surface area contributed by atoms with Crippen LogP contribution in [0, 0.1) is 11.3 Å². The molecule has 0 bridgehead atoms. The average molecular weight is 283 g/mol. The van der Waals surface area contributed by atoms with Crippen LogP contribution in [0.3, 0.4) is 0 Å². The van der Waals surface area contributed by atoms with Gasteiger partial charge >= 0.3 is 5.69 Å². The maximum atomic E-state index is 11.8. The molecule has 2 rings (SSSR count). The summed E-state index contributed by atoms with van der Waals surface area (Å²) in [7, 11) is 0. The molecule has 0 radical (unpaired) electrons. The Kier molecular flexibility index (Phi) is 3.27. The van der Waals surface area contributed by atoms with Gasteiger partial charge in [0.25, 0.3) is 11.3 Å². The van der Waals surface area contributed by atoms with Crippen LogP contribution in [0.15, 0.2) is 21.9 Å². The van der Waals surface area contributed by atoms with E-state index in [9.17, 15) is 25.1 Å². The van der Waals surface area contributed by atoms with Gasteiger partial charge in [0.2, 0.25) is 0 Å². The van der Waals surface area contributed by atoms with Crippen molar-refractivity contribution in [2.45, 2.75) is 30.5 Å². The van der Waals surface area contributed by atoms with Crippen molar-refractivity contribution in [1.29, 1.82) is 5.26 Å². The van der Waals surface area contributed by atoms with E-state index in [1.165, 1.54) is 0 Å². The fourth-order valence-corrected chi connectivity index (χ4v) is 2.26. The molecule has 2 heterocycles. The second-order valence-electron chi connectivity index (χ2n) is 4.67. The fraction of sp³-hybridized carbons (Fsp3) is 0.545. The maximum absolute atomic E-state index is 11.8. The van der Waals surface area contributed by atoms with Crippen LogP contribution in [0.1, 0.15) is 6.92 Å². The second kappa shape index (κ2) is 4.53. The summed E-state index contributed by atoms with van der Waals surface area (Å²) in [5, 5.41) is 38.7. The summed E-state index contributed by atoms with van der Waals surface area (Å²) in [5.74, 6) is 0. The molecule has 0 aromatic carbocycles. The number of aromatic nitrogens is 2. The van der Waals surface area contributed by atoms with Crippen molar-refractivity contribution >= 4 is 0 Å². The molecule has 0 saturated carbocycles. The number of hydrogen-bond acceptors (Lipinski definition) is 7. The van der Waals surface area contributed by atoms with Gasteiger partial charge in [0.15, 0.2) is 5.60 Å². The van der Waals surface area contributed by atoms with Crippen LogP contribution in [0.2, 0.25) is 0 Å². The monoisotopic (exact) mass is 283 g/mol. The molecular weight excluding hydrogens is 270 g/mol. The minimum Gasteiger partial charge on any atom is -0.394 e. The largest absolute Gasteiger partial charge is 0.394 e. The highest BCUT2D eigenvalue weighted by molar-refractivity contribution is 5.18. The third kappa shape index (κ3) is 1.70. The normalized spacial score (nSPS) is 36.8. The Balaban J connectivity index is 2.70. The number of H-pyrrole nitrogens is 1. The molecule has 1 aromatic rings. The quantitative estimate of drug-likeness (QED) is 0.458. The van der Waals surface area contributed by atoms with Crippen LogP contribution in [0.25, 0.3) is 0 Å². The van der Waals surface area contributed by atoms with Crippen molar-refractivity contribution in [1.82, 2.24) is 9.55 Å². The zero-order valence-electron chi connectivity index (χ0n) is 10.5. The zero-order chi connectivity index (χ0) is 15.1. The van der Waals surface area contributed by atoms with E-state index in [4.69, 9.17) is 9.84 Å². The predicted molar refractivity (Wildman–Crippen MR) is 63.5 cm³/mol. The molecule has 4 N–H and O–H groups in total. The van der Waals surface area contributed by atoms with Crippen molar-refractivity contribution in [2.24, 2.45) is 0 Å². The summed E-state index contributed by atoms with van der Waals surface area (Å²) in [4.78, 5) is 24.8. The van der Waals surface area contributed by atoms with Crippen LogP contribution >= 0.6 is 0 Å². The van der Waals surface area contributed by atoms with E-state index in [2.05, 4.69) is 0 Å². The molecule has 1 fully saturated rings. The van der Waals surface area contributed by atoms with Gasteiger partial charge < -0.3 is 20.1 Å². The molecule has 1 saturated heterocycles. The van der Waals surface area contributed by atoms with Gasteiger partial charge in [0.1, 0.15) is 18.3 Å². The summed E-state index contributed by atoms with van der Waals surface area (Å²) in [5.41, 5.74) is -6.10. The molecule has 0 unspecified atom stereocenters. The first-order chi connectivity index (χ1) is 9.30. The minimum absolute atomic E-state index is 0.654. The molecule has 0 spiro atoms. The molecule has 1 aromatic heterocycles. The maximum Gasteiger partial charge on any atom is 0.331 e. The SMILES string of the molecule is C[C@@]1(O)[C@H](O)[C@@H](CO)O[C@@]1(C#N)n1ccc(=O)[nH]c1=O. The average Bonchev–Trinajstić information content (AvgIpc) is 2.59. The van der Waals surface area contributed by atoms with E-state index in [1.807, 2.05) is 4.98 Å². The number of ether oxygens (including phenoxy) is 1. The van der Waals surface area contributed by atoms with Crippen molar-refractivity contribution in [3.05, 3.63) is 33.1 Å². The number of rotatable bonds is 2. The minimum atomic E-state index is -2.26. The van der Waals surface area contributed by atoms with Crippen LogP contribution in [-0.2, 0) is 10.5 Å². The lowest BCUT2D eigenvalue weighted by Gasteiger charge is -2.34. The van der Waals surface area contributed by atoms with Gasteiger partial charge in [-0.15, -0.1) is 0 Å². The van der Waals surface area contributed by atoms with E-state index in [1.54, 1.807) is 6.07 Å². The number of hydrogen-bond donors (Lipinski definition) is 4. The highest BCUT2D eigenvalue weighted by Gasteiger charge is 2.65. The summed E-state index contributed by atoms with van der Waals surface area (Å²) < 4.78 is 5.89. The lowest BCUT2D eigenvalue weighted by molar-refractivity contribution is -0.152. The van der Waals surface area contributed by atoms with Crippen molar-refractivity contribution in [3.63, 3.8) is 0 Å². The van der Waals surface area contributed by atoms with Crippen molar-refractivity contribution < 1.29 is 20.1 Å². The highest BCUT2D eigenvalue weighted by atomic mass is 16.6. The summed E-state index contributed by atoms with van der Waals surface area (Å²) >= 11 is 0. The molecule has 0 aliphatic carbocycles. The first kappa shape index (κ1) is 14.4. The van der Waals surface area contributed by atoms with E-state index in [-0.39, 0.29) is 0 Å². The lowest BCUT2D eigenvalue weighted by Crippen LogP contribution is -2.58. The van der Waals surface area contributed by atoms with Crippen molar-refractivity contribution in [2.75, 3.05) is 6.61 Å². The van der Waals surface area contributed by atoms with Crippen LogP contribution < -0.4 is 11.2 Å². The third-order valence-electron chi connectivity index (χ3n) is 3.43. The summed E-state index contributed by atoms with van der Waals surface area (Å²) in [6, 6.07) is 2.61. The zero-order valence-corrected chi connectivity index (χ0v) is 10.5. The van der Waals surface area contributed by atoms with E-state index >= 15 is 0 Å². The van der Waals surface area contributed by atoms with Crippen molar-refractivity contribution in [3.8, 4) is 6.07 Å². The lowest BCUT2D eigenvalue weighted by atomic mass is 9.88. The standard InChI is InChI=1S/C11H13N3O6/c1-10(19)8(17)6(4-15)20-11(10,5-12)14-3-2-7(16)13-9(14)18/h2-3,6,8,15,17,19H,4H2,1H3,(H,13,16,18)/t6-,8-,10-,11-/m1/s1. The molecule has 1 aliphatic heterocycles. The Morgan fingerprint density at radius 2 is 2.25 bits per heavy atom. The van der Waals surface area contributed by atoms with Gasteiger partial charge in [-0.3, -0.25) is 14.3 Å². The van der Waals surface area contributed by atoms with E-state index < -0.39 is 41.4 Å². The van der Waals surface area contributed by atoms with Crippen LogP contribution in [-0.4, -0.2) is 49.3 Å². The number of nitriles is 1. The Hall–Kier alpha value is -1.99. The Bertz CT molecular complexity index is 672. The molecule has 4 atom stereocenters. The van der Waals surface area contributed by atoms with Gasteiger partial charge in [-0.2, -0.15) is 5.26 Å². The number of nitrogens with zero attached hydrogens (tertiary/aromatic N) is 2. The number of aliphatic hydroxyl groups excluding tert-OH is 2. The molecule has 108 valence electrons. The first-order valence-corrected chi connectivity index (χ1v) is 5.73. The van der Waals surface area contributed by atoms with Gasteiger partial charge in [-0.25, -0.2) is 4.79 Å². The predicted octanol–water partition coefficient (Wildman–Crippen LogP) is -2.78. The summed E-state index contributed by atoms with van der Waals surface area (Å²) in [6.07, 6.45) is -1.86. The molecule has 20 heavy (non-hydrogen) atoms. The Morgan fingerprint density at radius 3 is 2.70 bits per heavy atom. The molecule has 0 amide bonds. The number of nitrogens with one attached hydrogen (secondary N) is 1. The number of aliphatic hydroxyl groups is 3. The Morgan fingerprint density at radius 1 is 1.60 bits per heavy atom. The summed E-state index contributed by atoms with van der Waals surface area (Å²) in [6.45, 7) is 0.451. The fourth-order valence-electron chi connectivity index (χ4n) is 2.26. The van der Waals surface area contributed by atoms with Crippen LogP contribution in [0.4, 0.5) is 0 Å². The van der Waals surface area contributed by atoms with Gasteiger partial charge in [-0.1, -0.05) is 0 Å². The van der Waals surface area contributed by atoms with E-state index in [0.717, 1.165) is 19.2 Å². The van der Waals surface area contributed by atoms with Gasteiger partial charge in [0, 0.05) is 12.3 Å². The highest BCUT2D eigenvalue weighted by Crippen LogP contribution is 2.42. The molecule has 9 heteroatoms. The van der Waals surface area contributed by atoms with Gasteiger partial charge in [-0.05, 0) is 6.92 Å². The Labute approximate surface area is 112 Å². The third-order valence-corrected chi connectivity index (χ3v) is 3.43. The smallest absolute Gasteiger partial charge is 0.331 e. The number of aromatic amines is 1. The first-order valence-electron chi connectivity index (χ1n) is 5.73. The molecule has 9 nitrogen and oxygen atoms in total. The molecule has 1 aliphatic rings. The second-order valence-corrected chi connectivity index (χ2v) is 4.67. The van der Waals surface area contributed by atoms with Gasteiger partial charge in [0.05, 0.1) is 6.61 Å². The van der Waals surface area contributed by atoms with E-state index in [0.29, 0.717) is 4.57 Å². The van der Waals surface area contributed by atoms with Crippen LogP contribution in [0.5, 0.6) is 0 Å².